The van der Waals surface area contributed by atoms with Crippen molar-refractivity contribution in [2.45, 2.75) is 84.8 Å². The van der Waals surface area contributed by atoms with E-state index in [1.807, 2.05) is 45.0 Å². The highest BCUT2D eigenvalue weighted by molar-refractivity contribution is 6.30. The number of nitrogens with one attached hydrogen (secondary N) is 1. The van der Waals surface area contributed by atoms with Gasteiger partial charge in [-0.05, 0) is 60.9 Å². The number of benzene rings is 2. The molecule has 0 saturated heterocycles. The van der Waals surface area contributed by atoms with Crippen LogP contribution >= 0.6 is 11.6 Å². The SMILES string of the molecule is CC[C@H](C(=O)N[C@@H](C)CC)N(Cc1ccc(Cl)cc1)C(=O)CCc1ccc(C(C)C)cc1. The lowest BCUT2D eigenvalue weighted by Crippen LogP contribution is -2.50. The number of rotatable bonds is 11. The Morgan fingerprint density at radius 1 is 0.906 bits per heavy atom. The second kappa shape index (κ2) is 12.6. The lowest BCUT2D eigenvalue weighted by Gasteiger charge is -2.31. The summed E-state index contributed by atoms with van der Waals surface area (Å²) in [5, 5.41) is 3.70. The van der Waals surface area contributed by atoms with Crippen molar-refractivity contribution in [2.75, 3.05) is 0 Å². The number of amides is 2. The van der Waals surface area contributed by atoms with E-state index >= 15 is 0 Å². The van der Waals surface area contributed by atoms with E-state index in [2.05, 4.69) is 43.4 Å². The molecule has 5 heteroatoms. The average molecular weight is 457 g/mol. The summed E-state index contributed by atoms with van der Waals surface area (Å²) in [5.41, 5.74) is 3.38. The molecule has 0 heterocycles. The van der Waals surface area contributed by atoms with Crippen LogP contribution in [0.4, 0.5) is 0 Å². The van der Waals surface area contributed by atoms with Gasteiger partial charge in [0, 0.05) is 24.0 Å². The normalized spacial score (nSPS) is 13.0. The summed E-state index contributed by atoms with van der Waals surface area (Å²) >= 11 is 6.03. The lowest BCUT2D eigenvalue weighted by atomic mass is 10.00. The first kappa shape index (κ1) is 25.9. The predicted octanol–water partition coefficient (Wildman–Crippen LogP) is 6.12. The van der Waals surface area contributed by atoms with Gasteiger partial charge in [0.05, 0.1) is 0 Å². The van der Waals surface area contributed by atoms with Gasteiger partial charge in [0.25, 0.3) is 0 Å². The minimum atomic E-state index is -0.504. The molecule has 0 bridgehead atoms. The molecule has 0 saturated carbocycles. The zero-order valence-corrected chi connectivity index (χ0v) is 20.8. The van der Waals surface area contributed by atoms with Crippen LogP contribution in [0, 0.1) is 0 Å². The van der Waals surface area contributed by atoms with E-state index in [9.17, 15) is 9.59 Å². The van der Waals surface area contributed by atoms with Crippen molar-refractivity contribution in [2.24, 2.45) is 0 Å². The van der Waals surface area contributed by atoms with E-state index in [0.29, 0.717) is 36.7 Å². The standard InChI is InChI=1S/C27H37ClN2O2/c1-6-20(5)29-27(32)25(7-2)30(18-22-10-15-24(28)16-11-22)26(31)17-12-21-8-13-23(14-9-21)19(3)4/h8-11,13-16,19-20,25H,6-7,12,17-18H2,1-5H3,(H,29,32)/t20-,25+/m0/s1. The molecule has 0 aliphatic rings. The van der Waals surface area contributed by atoms with Crippen LogP contribution in [-0.4, -0.2) is 28.8 Å². The summed E-state index contributed by atoms with van der Waals surface area (Å²) in [5.74, 6) is 0.374. The van der Waals surface area contributed by atoms with Crippen LogP contribution in [0.15, 0.2) is 48.5 Å². The number of hydrogen-bond acceptors (Lipinski definition) is 2. The zero-order chi connectivity index (χ0) is 23.7. The van der Waals surface area contributed by atoms with Crippen molar-refractivity contribution in [3.63, 3.8) is 0 Å². The van der Waals surface area contributed by atoms with Crippen LogP contribution in [0.5, 0.6) is 0 Å². The molecule has 0 aliphatic heterocycles. The van der Waals surface area contributed by atoms with Gasteiger partial charge in [0.1, 0.15) is 6.04 Å². The topological polar surface area (TPSA) is 49.4 Å². The first-order valence-corrected chi connectivity index (χ1v) is 12.1. The first-order chi connectivity index (χ1) is 15.2. The van der Waals surface area contributed by atoms with Gasteiger partial charge in [-0.1, -0.05) is 75.7 Å². The van der Waals surface area contributed by atoms with Crippen LogP contribution in [0.2, 0.25) is 5.02 Å². The molecule has 2 amide bonds. The van der Waals surface area contributed by atoms with Gasteiger partial charge in [-0.25, -0.2) is 0 Å². The maximum atomic E-state index is 13.3. The van der Waals surface area contributed by atoms with Gasteiger partial charge >= 0.3 is 0 Å². The minimum absolute atomic E-state index is 0.0148. The maximum absolute atomic E-state index is 13.3. The van der Waals surface area contributed by atoms with Crippen molar-refractivity contribution in [3.8, 4) is 0 Å². The first-order valence-electron chi connectivity index (χ1n) is 11.7. The average Bonchev–Trinajstić information content (AvgIpc) is 2.78. The summed E-state index contributed by atoms with van der Waals surface area (Å²) in [6.45, 7) is 10.7. The van der Waals surface area contributed by atoms with Gasteiger partial charge in [0.2, 0.25) is 11.8 Å². The molecule has 0 spiro atoms. The number of carbonyl (C=O) groups excluding carboxylic acids is 2. The molecule has 32 heavy (non-hydrogen) atoms. The van der Waals surface area contributed by atoms with Crippen molar-refractivity contribution in [1.29, 1.82) is 0 Å². The summed E-state index contributed by atoms with van der Waals surface area (Å²) in [4.78, 5) is 28.1. The van der Waals surface area contributed by atoms with Gasteiger partial charge in [-0.2, -0.15) is 0 Å². The highest BCUT2D eigenvalue weighted by atomic mass is 35.5. The Bertz CT molecular complexity index is 862. The molecule has 4 nitrogen and oxygen atoms in total. The van der Waals surface area contributed by atoms with Crippen molar-refractivity contribution in [1.82, 2.24) is 10.2 Å². The van der Waals surface area contributed by atoms with Gasteiger partial charge in [-0.3, -0.25) is 9.59 Å². The maximum Gasteiger partial charge on any atom is 0.243 e. The molecular weight excluding hydrogens is 420 g/mol. The summed E-state index contributed by atoms with van der Waals surface area (Å²) in [6, 6.07) is 15.5. The fourth-order valence-corrected chi connectivity index (χ4v) is 3.74. The molecule has 1 N–H and O–H groups in total. The Morgan fingerprint density at radius 2 is 1.50 bits per heavy atom. The molecule has 0 aromatic heterocycles. The number of nitrogens with zero attached hydrogens (tertiary/aromatic N) is 1. The van der Waals surface area contributed by atoms with E-state index < -0.39 is 6.04 Å². The lowest BCUT2D eigenvalue weighted by molar-refractivity contribution is -0.141. The fraction of sp³-hybridized carbons (Fsp3) is 0.481. The number of halogens is 1. The van der Waals surface area contributed by atoms with E-state index in [-0.39, 0.29) is 17.9 Å². The molecule has 0 unspecified atom stereocenters. The molecule has 174 valence electrons. The highest BCUT2D eigenvalue weighted by Gasteiger charge is 2.29. The third-order valence-corrected chi connectivity index (χ3v) is 6.18. The molecule has 0 radical (unpaired) electrons. The highest BCUT2D eigenvalue weighted by Crippen LogP contribution is 2.19. The van der Waals surface area contributed by atoms with Crippen LogP contribution in [0.25, 0.3) is 0 Å². The molecule has 0 fully saturated rings. The van der Waals surface area contributed by atoms with Crippen molar-refractivity contribution < 1.29 is 9.59 Å². The Morgan fingerprint density at radius 3 is 2.03 bits per heavy atom. The van der Waals surface area contributed by atoms with E-state index in [1.165, 1.54) is 5.56 Å². The number of aryl methyl sites for hydroxylation is 1. The zero-order valence-electron chi connectivity index (χ0n) is 20.0. The summed E-state index contributed by atoms with van der Waals surface area (Å²) < 4.78 is 0. The second-order valence-electron chi connectivity index (χ2n) is 8.79. The van der Waals surface area contributed by atoms with E-state index in [0.717, 1.165) is 17.5 Å². The third-order valence-electron chi connectivity index (χ3n) is 5.93. The van der Waals surface area contributed by atoms with Gasteiger partial charge in [-0.15, -0.1) is 0 Å². The third kappa shape index (κ3) is 7.67. The van der Waals surface area contributed by atoms with Crippen LogP contribution < -0.4 is 5.32 Å². The smallest absolute Gasteiger partial charge is 0.243 e. The number of carbonyl (C=O) groups is 2. The van der Waals surface area contributed by atoms with Crippen LogP contribution in [-0.2, 0) is 22.6 Å². The Hall–Kier alpha value is -2.33. The van der Waals surface area contributed by atoms with E-state index in [1.54, 1.807) is 4.90 Å². The second-order valence-corrected chi connectivity index (χ2v) is 9.22. The monoisotopic (exact) mass is 456 g/mol. The Balaban J connectivity index is 2.18. The Labute approximate surface area is 198 Å². The van der Waals surface area contributed by atoms with E-state index in [4.69, 9.17) is 11.6 Å². The Kier molecular flexibility index (Phi) is 10.2. The van der Waals surface area contributed by atoms with Crippen molar-refractivity contribution in [3.05, 3.63) is 70.2 Å². The van der Waals surface area contributed by atoms with Crippen LogP contribution in [0.1, 0.15) is 76.5 Å². The molecule has 2 atom stereocenters. The van der Waals surface area contributed by atoms with Gasteiger partial charge < -0.3 is 10.2 Å². The summed E-state index contributed by atoms with van der Waals surface area (Å²) in [7, 11) is 0. The minimum Gasteiger partial charge on any atom is -0.352 e. The fourth-order valence-electron chi connectivity index (χ4n) is 3.61. The molecule has 2 aromatic carbocycles. The predicted molar refractivity (Wildman–Crippen MR) is 133 cm³/mol. The molecule has 2 rings (SSSR count). The molecular formula is C27H37ClN2O2. The summed E-state index contributed by atoms with van der Waals surface area (Å²) in [6.07, 6.45) is 2.42. The quantitative estimate of drug-likeness (QED) is 0.443. The van der Waals surface area contributed by atoms with Crippen LogP contribution in [0.3, 0.4) is 0 Å². The largest absolute Gasteiger partial charge is 0.352 e. The molecule has 0 aliphatic carbocycles. The van der Waals surface area contributed by atoms with Gasteiger partial charge in [0.15, 0.2) is 0 Å². The molecule has 2 aromatic rings. The number of hydrogen-bond donors (Lipinski definition) is 1. The van der Waals surface area contributed by atoms with Crippen molar-refractivity contribution >= 4 is 23.4 Å².